The van der Waals surface area contributed by atoms with Gasteiger partial charge in [-0.1, -0.05) is 5.11 Å². The molecule has 1 atom stereocenters. The van der Waals surface area contributed by atoms with Crippen molar-refractivity contribution in [3.8, 4) is 0 Å². The van der Waals surface area contributed by atoms with Crippen LogP contribution in [0.4, 0.5) is 0 Å². The molecule has 7 nitrogen and oxygen atoms in total. The van der Waals surface area contributed by atoms with Crippen molar-refractivity contribution in [2.24, 2.45) is 5.11 Å². The van der Waals surface area contributed by atoms with Crippen LogP contribution in [0.2, 0.25) is 0 Å². The fraction of sp³-hybridized carbons (Fsp3) is 0.833. The Morgan fingerprint density at radius 1 is 1.69 bits per heavy atom. The Kier molecular flexibility index (Phi) is 6.62. The molecule has 0 heterocycles. The van der Waals surface area contributed by atoms with E-state index < -0.39 is 18.7 Å². The third kappa shape index (κ3) is 7.07. The van der Waals surface area contributed by atoms with Crippen molar-refractivity contribution in [2.45, 2.75) is 12.5 Å². The number of aliphatic hydroxyl groups is 2. The van der Waals surface area contributed by atoms with Crippen molar-refractivity contribution in [3.63, 3.8) is 0 Å². The minimum Gasteiger partial charge on any atom is -0.463 e. The second-order valence-electron chi connectivity index (χ2n) is 2.22. The quantitative estimate of drug-likeness (QED) is 0.255. The highest BCUT2D eigenvalue weighted by Crippen LogP contribution is 1.90. The number of hydrogen-bond donors (Lipinski definition) is 2. The molecule has 0 saturated carbocycles. The van der Waals surface area contributed by atoms with Gasteiger partial charge < -0.3 is 14.9 Å². The zero-order chi connectivity index (χ0) is 10.1. The first-order chi connectivity index (χ1) is 6.20. The first-order valence-electron chi connectivity index (χ1n) is 3.66. The normalized spacial score (nSPS) is 11.5. The third-order valence-corrected chi connectivity index (χ3v) is 1.13. The molecule has 0 radical (unpaired) electrons. The molecule has 0 unspecified atom stereocenters. The molecule has 0 aliphatic heterocycles. The lowest BCUT2D eigenvalue weighted by Crippen LogP contribution is -2.22. The maximum absolute atomic E-state index is 10.7. The number of azide groups is 1. The average molecular weight is 189 g/mol. The first kappa shape index (κ1) is 11.7. The molecular weight excluding hydrogens is 178 g/mol. The van der Waals surface area contributed by atoms with E-state index in [2.05, 4.69) is 14.8 Å². The lowest BCUT2D eigenvalue weighted by Gasteiger charge is -2.07. The van der Waals surface area contributed by atoms with Gasteiger partial charge in [0.05, 0.1) is 13.0 Å². The summed E-state index contributed by atoms with van der Waals surface area (Å²) in [5.41, 5.74) is 7.87. The number of hydrogen-bond acceptors (Lipinski definition) is 5. The van der Waals surface area contributed by atoms with E-state index in [1.165, 1.54) is 0 Å². The Labute approximate surface area is 74.6 Å². The molecule has 0 amide bonds. The molecule has 74 valence electrons. The molecule has 7 heteroatoms. The zero-order valence-corrected chi connectivity index (χ0v) is 6.96. The fourth-order valence-electron chi connectivity index (χ4n) is 0.500. The van der Waals surface area contributed by atoms with Gasteiger partial charge in [-0.15, -0.1) is 0 Å². The van der Waals surface area contributed by atoms with E-state index in [0.29, 0.717) is 0 Å². The van der Waals surface area contributed by atoms with Crippen LogP contribution in [0.5, 0.6) is 0 Å². The van der Waals surface area contributed by atoms with E-state index in [1.807, 2.05) is 0 Å². The Balaban J connectivity index is 3.45. The highest BCUT2D eigenvalue weighted by Gasteiger charge is 2.06. The summed E-state index contributed by atoms with van der Waals surface area (Å²) >= 11 is 0. The molecule has 13 heavy (non-hydrogen) atoms. The molecule has 0 saturated heterocycles. The Hall–Kier alpha value is -1.30. The molecule has 0 aliphatic carbocycles. The maximum Gasteiger partial charge on any atom is 0.306 e. The lowest BCUT2D eigenvalue weighted by atomic mass is 10.4. The van der Waals surface area contributed by atoms with E-state index in [-0.39, 0.29) is 19.6 Å². The molecule has 0 fully saturated rings. The Morgan fingerprint density at radius 2 is 2.38 bits per heavy atom. The van der Waals surface area contributed by atoms with Crippen molar-refractivity contribution >= 4 is 5.97 Å². The number of carbonyl (C=O) groups is 1. The number of carbonyl (C=O) groups excluding carboxylic acids is 1. The Bertz CT molecular complexity index is 202. The molecule has 0 spiro atoms. The number of ether oxygens (including phenoxy) is 1. The van der Waals surface area contributed by atoms with Crippen molar-refractivity contribution in [1.29, 1.82) is 0 Å². The van der Waals surface area contributed by atoms with Crippen molar-refractivity contribution in [1.82, 2.24) is 0 Å². The van der Waals surface area contributed by atoms with Crippen molar-refractivity contribution in [2.75, 3.05) is 19.8 Å². The Morgan fingerprint density at radius 3 is 2.92 bits per heavy atom. The molecule has 2 N–H and O–H groups in total. The fourth-order valence-corrected chi connectivity index (χ4v) is 0.500. The van der Waals surface area contributed by atoms with Crippen LogP contribution >= 0.6 is 0 Å². The monoisotopic (exact) mass is 189 g/mol. The molecule has 0 aromatic carbocycles. The van der Waals surface area contributed by atoms with E-state index in [1.54, 1.807) is 0 Å². The maximum atomic E-state index is 10.7. The van der Waals surface area contributed by atoms with Crippen LogP contribution < -0.4 is 0 Å². The van der Waals surface area contributed by atoms with Crippen LogP contribution in [0.15, 0.2) is 5.11 Å². The molecule has 0 rings (SSSR count). The smallest absolute Gasteiger partial charge is 0.306 e. The van der Waals surface area contributed by atoms with Gasteiger partial charge in [0.2, 0.25) is 0 Å². The van der Waals surface area contributed by atoms with Gasteiger partial charge in [0.1, 0.15) is 12.7 Å². The molecule has 0 bridgehead atoms. The predicted octanol–water partition coefficient (Wildman–Crippen LogP) is -0.417. The van der Waals surface area contributed by atoms with Crippen LogP contribution in [0, 0.1) is 0 Å². The van der Waals surface area contributed by atoms with Gasteiger partial charge in [-0.25, -0.2) is 0 Å². The second kappa shape index (κ2) is 7.35. The lowest BCUT2D eigenvalue weighted by molar-refractivity contribution is -0.147. The number of esters is 1. The highest BCUT2D eigenvalue weighted by molar-refractivity contribution is 5.69. The van der Waals surface area contributed by atoms with E-state index >= 15 is 0 Å². The van der Waals surface area contributed by atoms with Crippen molar-refractivity contribution in [3.05, 3.63) is 10.4 Å². The van der Waals surface area contributed by atoms with Crippen LogP contribution in [0.3, 0.4) is 0 Å². The molecule has 0 aromatic rings. The second-order valence-corrected chi connectivity index (χ2v) is 2.22. The van der Waals surface area contributed by atoms with Gasteiger partial charge in [0.25, 0.3) is 0 Å². The third-order valence-electron chi connectivity index (χ3n) is 1.13. The molecule has 0 aromatic heterocycles. The van der Waals surface area contributed by atoms with E-state index in [9.17, 15) is 4.79 Å². The number of nitrogens with zero attached hydrogens (tertiary/aromatic N) is 3. The average Bonchev–Trinajstić information content (AvgIpc) is 2.14. The van der Waals surface area contributed by atoms with Gasteiger partial charge in [-0.2, -0.15) is 0 Å². The van der Waals surface area contributed by atoms with E-state index in [0.717, 1.165) is 0 Å². The minimum absolute atomic E-state index is 0.0256. The summed E-state index contributed by atoms with van der Waals surface area (Å²) in [5.74, 6) is -0.570. The van der Waals surface area contributed by atoms with Crippen LogP contribution in [-0.2, 0) is 9.53 Å². The van der Waals surface area contributed by atoms with Gasteiger partial charge in [-0.3, -0.25) is 4.79 Å². The summed E-state index contributed by atoms with van der Waals surface area (Å²) < 4.78 is 4.51. The summed E-state index contributed by atoms with van der Waals surface area (Å²) in [6, 6.07) is 0. The van der Waals surface area contributed by atoms with Crippen molar-refractivity contribution < 1.29 is 19.7 Å². The zero-order valence-electron chi connectivity index (χ0n) is 6.96. The van der Waals surface area contributed by atoms with Gasteiger partial charge in [-0.05, 0) is 5.53 Å². The summed E-state index contributed by atoms with van der Waals surface area (Å²) in [7, 11) is 0. The molecule has 0 aliphatic rings. The summed E-state index contributed by atoms with van der Waals surface area (Å²) in [4.78, 5) is 13.2. The van der Waals surface area contributed by atoms with Gasteiger partial charge in [0.15, 0.2) is 0 Å². The number of rotatable bonds is 6. The SMILES string of the molecule is [N-]=[N+]=NCCC(=O)OC[C@H](O)CO. The minimum atomic E-state index is -1.05. The molecular formula is C6H11N3O4. The van der Waals surface area contributed by atoms with Crippen LogP contribution in [0.25, 0.3) is 10.4 Å². The summed E-state index contributed by atoms with van der Waals surface area (Å²) in [5, 5.41) is 20.3. The largest absolute Gasteiger partial charge is 0.463 e. The van der Waals surface area contributed by atoms with E-state index in [4.69, 9.17) is 15.7 Å². The van der Waals surface area contributed by atoms with Crippen LogP contribution in [-0.4, -0.2) is 42.0 Å². The van der Waals surface area contributed by atoms with Gasteiger partial charge >= 0.3 is 5.97 Å². The highest BCUT2D eigenvalue weighted by atomic mass is 16.5. The first-order valence-corrected chi connectivity index (χ1v) is 3.66. The number of aliphatic hydroxyl groups excluding tert-OH is 2. The van der Waals surface area contributed by atoms with Gasteiger partial charge in [0, 0.05) is 11.5 Å². The standard InChI is InChI=1S/C6H11N3O4/c7-9-8-2-1-6(12)13-4-5(11)3-10/h5,10-11H,1-4H2/t5-/m1/s1. The summed E-state index contributed by atoms with van der Waals surface area (Å²) in [6.07, 6.45) is -1.08. The predicted molar refractivity (Wildman–Crippen MR) is 42.7 cm³/mol. The topological polar surface area (TPSA) is 116 Å². The van der Waals surface area contributed by atoms with Crippen LogP contribution in [0.1, 0.15) is 6.42 Å². The summed E-state index contributed by atoms with van der Waals surface area (Å²) in [6.45, 7) is -0.667.